The van der Waals surface area contributed by atoms with Gasteiger partial charge in [0, 0.05) is 6.54 Å². The van der Waals surface area contributed by atoms with E-state index in [1.807, 2.05) is 18.2 Å². The van der Waals surface area contributed by atoms with Crippen molar-refractivity contribution >= 4 is 11.9 Å². The molecule has 0 heterocycles. The summed E-state index contributed by atoms with van der Waals surface area (Å²) in [6, 6.07) is 5.48. The van der Waals surface area contributed by atoms with Crippen LogP contribution in [0.1, 0.15) is 18.9 Å². The fourth-order valence-electron chi connectivity index (χ4n) is 1.82. The average molecular weight is 295 g/mol. The fraction of sp³-hybridized carbons (Fsp3) is 0.467. The van der Waals surface area contributed by atoms with E-state index in [0.29, 0.717) is 13.0 Å². The summed E-state index contributed by atoms with van der Waals surface area (Å²) in [6.45, 7) is 2.37. The van der Waals surface area contributed by atoms with Gasteiger partial charge in [0.1, 0.15) is 17.9 Å². The summed E-state index contributed by atoms with van der Waals surface area (Å²) in [6.07, 6.45) is 0.317. The largest absolute Gasteiger partial charge is 0.497 e. The number of esters is 1. The molecule has 0 spiro atoms. The maximum absolute atomic E-state index is 11.5. The fourth-order valence-corrected chi connectivity index (χ4v) is 1.82. The summed E-state index contributed by atoms with van der Waals surface area (Å²) in [5.74, 6) is 0.586. The molecular formula is C15H21NO5. The van der Waals surface area contributed by atoms with Gasteiger partial charge in [0.05, 0.1) is 20.8 Å². The van der Waals surface area contributed by atoms with Gasteiger partial charge < -0.3 is 19.5 Å². The molecule has 0 radical (unpaired) electrons. The van der Waals surface area contributed by atoms with Gasteiger partial charge in [-0.1, -0.05) is 0 Å². The van der Waals surface area contributed by atoms with Gasteiger partial charge >= 0.3 is 5.97 Å². The van der Waals surface area contributed by atoms with Crippen molar-refractivity contribution in [3.63, 3.8) is 0 Å². The van der Waals surface area contributed by atoms with Gasteiger partial charge in [-0.15, -0.1) is 0 Å². The molecule has 0 unspecified atom stereocenters. The predicted molar refractivity (Wildman–Crippen MR) is 77.5 cm³/mol. The SMILES string of the molecule is CCOC(=O)CC(=O)NCCc1cc(OC)ccc1OC. The van der Waals surface area contributed by atoms with Crippen molar-refractivity contribution in [2.24, 2.45) is 0 Å². The Labute approximate surface area is 124 Å². The molecule has 1 amide bonds. The number of benzene rings is 1. The van der Waals surface area contributed by atoms with E-state index in [-0.39, 0.29) is 18.9 Å². The molecule has 0 aromatic heterocycles. The van der Waals surface area contributed by atoms with Crippen LogP contribution in [0.25, 0.3) is 0 Å². The number of carbonyl (C=O) groups excluding carboxylic acids is 2. The molecule has 0 bridgehead atoms. The number of rotatable bonds is 8. The maximum Gasteiger partial charge on any atom is 0.315 e. The van der Waals surface area contributed by atoms with E-state index < -0.39 is 5.97 Å². The highest BCUT2D eigenvalue weighted by molar-refractivity contribution is 5.94. The highest BCUT2D eigenvalue weighted by Gasteiger charge is 2.10. The smallest absolute Gasteiger partial charge is 0.315 e. The number of hydrogen-bond donors (Lipinski definition) is 1. The molecule has 6 nitrogen and oxygen atoms in total. The van der Waals surface area contributed by atoms with E-state index in [2.05, 4.69) is 5.32 Å². The molecule has 1 N–H and O–H groups in total. The minimum absolute atomic E-state index is 0.261. The quantitative estimate of drug-likeness (QED) is 0.578. The molecule has 0 aliphatic heterocycles. The highest BCUT2D eigenvalue weighted by Crippen LogP contribution is 2.24. The van der Waals surface area contributed by atoms with Crippen LogP contribution in [0.2, 0.25) is 0 Å². The summed E-state index contributed by atoms with van der Waals surface area (Å²) in [7, 11) is 3.18. The van der Waals surface area contributed by atoms with Crippen LogP contribution in [-0.4, -0.2) is 39.2 Å². The first-order valence-corrected chi connectivity index (χ1v) is 6.74. The lowest BCUT2D eigenvalue weighted by Gasteiger charge is -2.11. The molecule has 0 atom stereocenters. The zero-order chi connectivity index (χ0) is 15.7. The number of methoxy groups -OCH3 is 2. The minimum Gasteiger partial charge on any atom is -0.497 e. The zero-order valence-corrected chi connectivity index (χ0v) is 12.6. The van der Waals surface area contributed by atoms with Crippen molar-refractivity contribution in [1.82, 2.24) is 5.32 Å². The van der Waals surface area contributed by atoms with Gasteiger partial charge in [0.15, 0.2) is 0 Å². The lowest BCUT2D eigenvalue weighted by Crippen LogP contribution is -2.28. The van der Waals surface area contributed by atoms with Gasteiger partial charge in [-0.3, -0.25) is 9.59 Å². The molecular weight excluding hydrogens is 274 g/mol. The van der Waals surface area contributed by atoms with Gasteiger partial charge in [-0.25, -0.2) is 0 Å². The lowest BCUT2D eigenvalue weighted by molar-refractivity contribution is -0.145. The summed E-state index contributed by atoms with van der Waals surface area (Å²) in [4.78, 5) is 22.7. The van der Waals surface area contributed by atoms with Crippen molar-refractivity contribution < 1.29 is 23.8 Å². The molecule has 0 aliphatic rings. The Morgan fingerprint density at radius 2 is 1.95 bits per heavy atom. The van der Waals surface area contributed by atoms with Gasteiger partial charge in [-0.2, -0.15) is 0 Å². The van der Waals surface area contributed by atoms with Crippen molar-refractivity contribution in [1.29, 1.82) is 0 Å². The molecule has 1 rings (SSSR count). The molecule has 1 aromatic rings. The molecule has 21 heavy (non-hydrogen) atoms. The molecule has 0 saturated heterocycles. The Kier molecular flexibility index (Phi) is 7.08. The third-order valence-electron chi connectivity index (χ3n) is 2.81. The lowest BCUT2D eigenvalue weighted by atomic mass is 10.1. The van der Waals surface area contributed by atoms with Crippen LogP contribution in [0.5, 0.6) is 11.5 Å². The van der Waals surface area contributed by atoms with E-state index >= 15 is 0 Å². The van der Waals surface area contributed by atoms with Gasteiger partial charge in [0.2, 0.25) is 5.91 Å². The second kappa shape index (κ2) is 8.84. The Morgan fingerprint density at radius 1 is 1.19 bits per heavy atom. The third kappa shape index (κ3) is 5.72. The van der Waals surface area contributed by atoms with Gasteiger partial charge in [-0.05, 0) is 37.1 Å². The second-order valence-corrected chi connectivity index (χ2v) is 4.26. The maximum atomic E-state index is 11.5. The van der Waals surface area contributed by atoms with Crippen LogP contribution < -0.4 is 14.8 Å². The Morgan fingerprint density at radius 3 is 2.57 bits per heavy atom. The Balaban J connectivity index is 2.48. The second-order valence-electron chi connectivity index (χ2n) is 4.26. The van der Waals surface area contributed by atoms with Crippen LogP contribution in [0.15, 0.2) is 18.2 Å². The molecule has 116 valence electrons. The van der Waals surface area contributed by atoms with E-state index in [1.165, 1.54) is 0 Å². The van der Waals surface area contributed by atoms with Crippen LogP contribution in [0, 0.1) is 0 Å². The van der Waals surface area contributed by atoms with E-state index in [1.54, 1.807) is 21.1 Å². The normalized spacial score (nSPS) is 9.86. The summed E-state index contributed by atoms with van der Waals surface area (Å²) < 4.78 is 15.1. The van der Waals surface area contributed by atoms with E-state index in [4.69, 9.17) is 14.2 Å². The highest BCUT2D eigenvalue weighted by atomic mass is 16.5. The molecule has 0 saturated carbocycles. The number of amides is 1. The van der Waals surface area contributed by atoms with Crippen LogP contribution >= 0.6 is 0 Å². The van der Waals surface area contributed by atoms with Crippen molar-refractivity contribution in [3.8, 4) is 11.5 Å². The van der Waals surface area contributed by atoms with E-state index in [9.17, 15) is 9.59 Å². The molecule has 0 aliphatic carbocycles. The Bertz CT molecular complexity index is 487. The average Bonchev–Trinajstić information content (AvgIpc) is 2.47. The van der Waals surface area contributed by atoms with Crippen molar-refractivity contribution in [2.45, 2.75) is 19.8 Å². The molecule has 6 heteroatoms. The van der Waals surface area contributed by atoms with Crippen LogP contribution in [-0.2, 0) is 20.7 Å². The van der Waals surface area contributed by atoms with Gasteiger partial charge in [0.25, 0.3) is 0 Å². The van der Waals surface area contributed by atoms with Crippen LogP contribution in [0.4, 0.5) is 0 Å². The van der Waals surface area contributed by atoms with Crippen molar-refractivity contribution in [3.05, 3.63) is 23.8 Å². The Hall–Kier alpha value is -2.24. The summed E-state index contributed by atoms with van der Waals surface area (Å²) in [5.41, 5.74) is 0.924. The van der Waals surface area contributed by atoms with Crippen molar-refractivity contribution in [2.75, 3.05) is 27.4 Å². The standard InChI is InChI=1S/C15H21NO5/c1-4-21-15(18)10-14(17)16-8-7-11-9-12(19-2)5-6-13(11)20-3/h5-6,9H,4,7-8,10H2,1-3H3,(H,16,17). The number of ether oxygens (including phenoxy) is 3. The third-order valence-corrected chi connectivity index (χ3v) is 2.81. The number of carbonyl (C=O) groups is 2. The first-order chi connectivity index (χ1) is 10.1. The number of hydrogen-bond acceptors (Lipinski definition) is 5. The first kappa shape index (κ1) is 16.8. The molecule has 0 fully saturated rings. The topological polar surface area (TPSA) is 73.9 Å². The summed E-state index contributed by atoms with van der Waals surface area (Å²) >= 11 is 0. The van der Waals surface area contributed by atoms with E-state index in [0.717, 1.165) is 17.1 Å². The predicted octanol–water partition coefficient (Wildman–Crippen LogP) is 1.32. The first-order valence-electron chi connectivity index (χ1n) is 6.74. The monoisotopic (exact) mass is 295 g/mol. The molecule has 1 aromatic carbocycles. The number of nitrogens with one attached hydrogen (secondary N) is 1. The van der Waals surface area contributed by atoms with Crippen LogP contribution in [0.3, 0.4) is 0 Å². The minimum atomic E-state index is -0.519. The zero-order valence-electron chi connectivity index (χ0n) is 12.6. The summed E-state index contributed by atoms with van der Waals surface area (Å²) in [5, 5.41) is 2.67.